The van der Waals surface area contributed by atoms with Gasteiger partial charge in [0.25, 0.3) is 5.69 Å². The van der Waals surface area contributed by atoms with Crippen LogP contribution in [0.15, 0.2) is 18.2 Å². The minimum atomic E-state index is -0.495. The minimum Gasteiger partial charge on any atom is -0.397 e. The number of nitrogens with one attached hydrogen (secondary N) is 1. The third-order valence-electron chi connectivity index (χ3n) is 2.81. The average Bonchev–Trinajstić information content (AvgIpc) is 2.31. The molecule has 1 unspecified atom stereocenters. The number of rotatable bonds is 5. The normalized spacial score (nSPS) is 14.1. The summed E-state index contributed by atoms with van der Waals surface area (Å²) in [6.45, 7) is 3.75. The summed E-state index contributed by atoms with van der Waals surface area (Å²) < 4.78 is 0. The fourth-order valence-electron chi connectivity index (χ4n) is 1.34. The van der Waals surface area contributed by atoms with E-state index in [-0.39, 0.29) is 12.3 Å². The first-order valence-corrected chi connectivity index (χ1v) is 5.35. The predicted octanol–water partition coefficient (Wildman–Crippen LogP) is 1.75. The molecule has 0 aliphatic rings. The summed E-state index contributed by atoms with van der Waals surface area (Å²) in [7, 11) is 0. The number of aliphatic hydroxyl groups excluding tert-OH is 1. The first-order valence-electron chi connectivity index (χ1n) is 5.35. The van der Waals surface area contributed by atoms with E-state index in [0.717, 1.165) is 0 Å². The monoisotopic (exact) mass is 239 g/mol. The lowest BCUT2D eigenvalue weighted by Crippen LogP contribution is -2.38. The number of hydrogen-bond donors (Lipinski definition) is 3. The molecular weight excluding hydrogens is 222 g/mol. The number of nitrogens with zero attached hydrogens (tertiary/aromatic N) is 1. The average molecular weight is 239 g/mol. The van der Waals surface area contributed by atoms with Gasteiger partial charge in [0, 0.05) is 12.1 Å². The van der Waals surface area contributed by atoms with Crippen LogP contribution in [0.3, 0.4) is 0 Å². The van der Waals surface area contributed by atoms with Gasteiger partial charge in [0.15, 0.2) is 0 Å². The zero-order valence-corrected chi connectivity index (χ0v) is 9.93. The molecule has 6 nitrogen and oxygen atoms in total. The molecule has 17 heavy (non-hydrogen) atoms. The van der Waals surface area contributed by atoms with Crippen LogP contribution in [-0.2, 0) is 0 Å². The Morgan fingerprint density at radius 3 is 2.65 bits per heavy atom. The van der Waals surface area contributed by atoms with Crippen LogP contribution in [0.1, 0.15) is 20.3 Å². The Hall–Kier alpha value is -1.82. The van der Waals surface area contributed by atoms with E-state index in [9.17, 15) is 15.2 Å². The van der Waals surface area contributed by atoms with Crippen LogP contribution in [0.5, 0.6) is 0 Å². The van der Waals surface area contributed by atoms with Crippen molar-refractivity contribution >= 4 is 17.1 Å². The van der Waals surface area contributed by atoms with Crippen molar-refractivity contribution in [2.24, 2.45) is 0 Å². The van der Waals surface area contributed by atoms with Gasteiger partial charge >= 0.3 is 0 Å². The molecule has 0 bridgehead atoms. The highest BCUT2D eigenvalue weighted by atomic mass is 16.6. The maximum Gasteiger partial charge on any atom is 0.271 e. The second kappa shape index (κ2) is 5.01. The fourth-order valence-corrected chi connectivity index (χ4v) is 1.34. The third kappa shape index (κ3) is 3.07. The van der Waals surface area contributed by atoms with Gasteiger partial charge in [0.2, 0.25) is 0 Å². The van der Waals surface area contributed by atoms with Crippen LogP contribution in [-0.4, -0.2) is 22.2 Å². The molecule has 0 aliphatic carbocycles. The summed E-state index contributed by atoms with van der Waals surface area (Å²) >= 11 is 0. The Morgan fingerprint density at radius 2 is 2.24 bits per heavy atom. The number of benzene rings is 1. The highest BCUT2D eigenvalue weighted by molar-refractivity contribution is 5.70. The van der Waals surface area contributed by atoms with Crippen LogP contribution < -0.4 is 11.1 Å². The van der Waals surface area contributed by atoms with Gasteiger partial charge in [-0.3, -0.25) is 10.1 Å². The van der Waals surface area contributed by atoms with E-state index in [0.29, 0.717) is 17.8 Å². The molecule has 1 aromatic carbocycles. The Balaban J connectivity index is 2.97. The van der Waals surface area contributed by atoms with E-state index in [1.165, 1.54) is 12.1 Å². The summed E-state index contributed by atoms with van der Waals surface area (Å²) in [4.78, 5) is 10.1. The maximum atomic E-state index is 10.6. The zero-order valence-electron chi connectivity index (χ0n) is 9.93. The fraction of sp³-hybridized carbons (Fsp3) is 0.455. The summed E-state index contributed by atoms with van der Waals surface area (Å²) in [5.41, 5.74) is 6.09. The van der Waals surface area contributed by atoms with E-state index < -0.39 is 10.5 Å². The van der Waals surface area contributed by atoms with Crippen LogP contribution in [0, 0.1) is 10.1 Å². The molecule has 0 amide bonds. The standard InChI is InChI=1S/C11H17N3O3/c1-3-11(2,7-15)13-10-5-4-8(14(16)17)6-9(10)12/h4-6,13,15H,3,7,12H2,1-2H3. The Kier molecular flexibility index (Phi) is 3.90. The number of nitro groups is 1. The zero-order chi connectivity index (χ0) is 13.1. The van der Waals surface area contributed by atoms with E-state index in [4.69, 9.17) is 5.73 Å². The summed E-state index contributed by atoms with van der Waals surface area (Å²) in [6.07, 6.45) is 0.708. The summed E-state index contributed by atoms with van der Waals surface area (Å²) in [6, 6.07) is 4.24. The van der Waals surface area contributed by atoms with E-state index in [1.807, 2.05) is 13.8 Å². The number of anilines is 2. The van der Waals surface area contributed by atoms with E-state index in [2.05, 4.69) is 5.32 Å². The minimum absolute atomic E-state index is 0.0417. The number of non-ortho nitro benzene ring substituents is 1. The summed E-state index contributed by atoms with van der Waals surface area (Å²) in [5, 5.41) is 22.9. The number of hydrogen-bond acceptors (Lipinski definition) is 5. The smallest absolute Gasteiger partial charge is 0.271 e. The molecule has 1 atom stereocenters. The topological polar surface area (TPSA) is 101 Å². The molecule has 0 spiro atoms. The van der Waals surface area contributed by atoms with Crippen LogP contribution in [0.2, 0.25) is 0 Å². The Bertz CT molecular complexity index is 416. The molecule has 0 radical (unpaired) electrons. The van der Waals surface area contributed by atoms with Crippen molar-refractivity contribution in [3.05, 3.63) is 28.3 Å². The molecule has 6 heteroatoms. The Morgan fingerprint density at radius 1 is 1.59 bits per heavy atom. The maximum absolute atomic E-state index is 10.6. The van der Waals surface area contributed by atoms with E-state index >= 15 is 0 Å². The van der Waals surface area contributed by atoms with Gasteiger partial charge in [-0.2, -0.15) is 0 Å². The number of nitro benzene ring substituents is 1. The van der Waals surface area contributed by atoms with Gasteiger partial charge < -0.3 is 16.2 Å². The molecule has 94 valence electrons. The van der Waals surface area contributed by atoms with E-state index in [1.54, 1.807) is 6.07 Å². The Labute approximate surface area is 99.6 Å². The number of nitrogens with two attached hydrogens (primary N) is 1. The van der Waals surface area contributed by atoms with Crippen molar-refractivity contribution in [3.63, 3.8) is 0 Å². The first-order chi connectivity index (χ1) is 7.91. The van der Waals surface area contributed by atoms with Gasteiger partial charge in [0.1, 0.15) is 0 Å². The molecule has 1 aromatic rings. The molecule has 0 saturated carbocycles. The molecule has 0 saturated heterocycles. The van der Waals surface area contributed by atoms with Crippen LogP contribution >= 0.6 is 0 Å². The quantitative estimate of drug-likeness (QED) is 0.413. The lowest BCUT2D eigenvalue weighted by molar-refractivity contribution is -0.384. The molecule has 0 aliphatic heterocycles. The molecular formula is C11H17N3O3. The lowest BCUT2D eigenvalue weighted by Gasteiger charge is -2.29. The largest absolute Gasteiger partial charge is 0.397 e. The third-order valence-corrected chi connectivity index (χ3v) is 2.81. The van der Waals surface area contributed by atoms with Gasteiger partial charge in [-0.05, 0) is 19.4 Å². The van der Waals surface area contributed by atoms with Gasteiger partial charge in [-0.1, -0.05) is 6.92 Å². The molecule has 0 heterocycles. The first kappa shape index (κ1) is 13.2. The van der Waals surface area contributed by atoms with Crippen molar-refractivity contribution in [1.82, 2.24) is 0 Å². The predicted molar refractivity (Wildman–Crippen MR) is 66.9 cm³/mol. The van der Waals surface area contributed by atoms with Crippen molar-refractivity contribution < 1.29 is 10.0 Å². The number of aliphatic hydroxyl groups is 1. The highest BCUT2D eigenvalue weighted by Gasteiger charge is 2.21. The van der Waals surface area contributed by atoms with Gasteiger partial charge in [-0.15, -0.1) is 0 Å². The van der Waals surface area contributed by atoms with Crippen LogP contribution in [0.4, 0.5) is 17.1 Å². The number of nitrogen functional groups attached to an aromatic ring is 1. The molecule has 0 fully saturated rings. The van der Waals surface area contributed by atoms with Crippen molar-refractivity contribution in [1.29, 1.82) is 0 Å². The summed E-state index contributed by atoms with van der Waals surface area (Å²) in [5.74, 6) is 0. The second-order valence-electron chi connectivity index (χ2n) is 4.23. The van der Waals surface area contributed by atoms with Crippen LogP contribution in [0.25, 0.3) is 0 Å². The molecule has 4 N–H and O–H groups in total. The molecule has 0 aromatic heterocycles. The van der Waals surface area contributed by atoms with Crippen molar-refractivity contribution in [2.75, 3.05) is 17.7 Å². The van der Waals surface area contributed by atoms with Crippen molar-refractivity contribution in [3.8, 4) is 0 Å². The van der Waals surface area contributed by atoms with Gasteiger partial charge in [0.05, 0.1) is 28.4 Å². The lowest BCUT2D eigenvalue weighted by atomic mass is 9.99. The SMILES string of the molecule is CCC(C)(CO)Nc1ccc([N+](=O)[O-])cc1N. The van der Waals surface area contributed by atoms with Crippen molar-refractivity contribution in [2.45, 2.75) is 25.8 Å². The second-order valence-corrected chi connectivity index (χ2v) is 4.23. The molecule has 1 rings (SSSR count). The van der Waals surface area contributed by atoms with Gasteiger partial charge in [-0.25, -0.2) is 0 Å². The highest BCUT2D eigenvalue weighted by Crippen LogP contribution is 2.27.